The van der Waals surface area contributed by atoms with Crippen molar-refractivity contribution in [2.75, 3.05) is 13.2 Å². The maximum atomic E-state index is 12.9. The molecule has 0 saturated carbocycles. The van der Waals surface area contributed by atoms with Gasteiger partial charge in [0.05, 0.1) is 0 Å². The third-order valence-corrected chi connectivity index (χ3v) is 16.6. The van der Waals surface area contributed by atoms with Crippen LogP contribution in [0.2, 0.25) is 0 Å². The normalized spacial score (nSPS) is 12.2. The van der Waals surface area contributed by atoms with Crippen molar-refractivity contribution in [2.24, 2.45) is 0 Å². The molecular weight excluding hydrogens is 997 g/mol. The lowest BCUT2D eigenvalue weighted by Gasteiger charge is -2.18. The molecule has 0 spiro atoms. The Hall–Kier alpha value is -2.37. The molecule has 6 nitrogen and oxygen atoms in total. The first-order valence-corrected chi connectivity index (χ1v) is 36.5. The van der Waals surface area contributed by atoms with Gasteiger partial charge in [-0.1, -0.05) is 346 Å². The molecule has 0 N–H and O–H groups in total. The predicted molar refractivity (Wildman–Crippen MR) is 353 cm³/mol. The lowest BCUT2D eigenvalue weighted by Crippen LogP contribution is -2.30. The largest absolute Gasteiger partial charge is 0.462 e. The summed E-state index contributed by atoms with van der Waals surface area (Å²) in [5, 5.41) is 0. The quantitative estimate of drug-likeness (QED) is 0.0261. The van der Waals surface area contributed by atoms with Gasteiger partial charge in [-0.15, -0.1) is 0 Å². The first-order chi connectivity index (χ1) is 40.0. The van der Waals surface area contributed by atoms with Gasteiger partial charge in [-0.25, -0.2) is 0 Å². The highest BCUT2D eigenvalue weighted by Gasteiger charge is 2.19. The van der Waals surface area contributed by atoms with Crippen LogP contribution >= 0.6 is 0 Å². The summed E-state index contributed by atoms with van der Waals surface area (Å²) in [7, 11) is 0. The summed E-state index contributed by atoms with van der Waals surface area (Å²) in [6.07, 6.45) is 88.2. The number of ether oxygens (including phenoxy) is 3. The van der Waals surface area contributed by atoms with Crippen molar-refractivity contribution in [1.29, 1.82) is 0 Å². The second-order valence-electron chi connectivity index (χ2n) is 24.9. The van der Waals surface area contributed by atoms with Gasteiger partial charge in [-0.05, 0) is 77.0 Å². The van der Waals surface area contributed by atoms with Crippen LogP contribution in [0.3, 0.4) is 0 Å². The van der Waals surface area contributed by atoms with Crippen LogP contribution in [0.25, 0.3) is 0 Å². The molecule has 0 amide bonds. The maximum absolute atomic E-state index is 12.9. The molecule has 0 aliphatic carbocycles. The molecule has 0 aromatic heterocycles. The van der Waals surface area contributed by atoms with Crippen LogP contribution in [0.4, 0.5) is 0 Å². The zero-order chi connectivity index (χ0) is 58.5. The van der Waals surface area contributed by atoms with E-state index in [0.29, 0.717) is 19.3 Å². The van der Waals surface area contributed by atoms with E-state index >= 15 is 0 Å². The zero-order valence-electron chi connectivity index (χ0n) is 54.8. The monoisotopic (exact) mass is 1140 g/mol. The molecule has 0 radical (unpaired) electrons. The number of carbonyl (C=O) groups is 3. The molecule has 0 aliphatic heterocycles. The third-order valence-electron chi connectivity index (χ3n) is 16.6. The fourth-order valence-electron chi connectivity index (χ4n) is 11.1. The van der Waals surface area contributed by atoms with Crippen LogP contribution in [0.15, 0.2) is 36.5 Å². The van der Waals surface area contributed by atoms with Crippen LogP contribution in [-0.4, -0.2) is 37.2 Å². The molecule has 476 valence electrons. The van der Waals surface area contributed by atoms with Gasteiger partial charge in [0.1, 0.15) is 13.2 Å². The lowest BCUT2D eigenvalue weighted by molar-refractivity contribution is -0.167. The van der Waals surface area contributed by atoms with Crippen LogP contribution in [0.5, 0.6) is 0 Å². The summed E-state index contributed by atoms with van der Waals surface area (Å²) in [4.78, 5) is 38.0. The fourth-order valence-corrected chi connectivity index (χ4v) is 11.1. The lowest BCUT2D eigenvalue weighted by atomic mass is 10.0. The molecular formula is C75H140O6. The minimum atomic E-state index is -0.767. The second-order valence-corrected chi connectivity index (χ2v) is 24.9. The van der Waals surface area contributed by atoms with E-state index in [1.165, 1.54) is 295 Å². The fraction of sp³-hybridized carbons (Fsp3) is 0.880. The Morgan fingerprint density at radius 3 is 0.691 bits per heavy atom. The molecule has 0 heterocycles. The van der Waals surface area contributed by atoms with Crippen molar-refractivity contribution in [3.63, 3.8) is 0 Å². The van der Waals surface area contributed by atoms with Crippen LogP contribution < -0.4 is 0 Å². The van der Waals surface area contributed by atoms with Gasteiger partial charge >= 0.3 is 17.9 Å². The zero-order valence-corrected chi connectivity index (χ0v) is 54.8. The van der Waals surface area contributed by atoms with E-state index in [9.17, 15) is 14.4 Å². The van der Waals surface area contributed by atoms with Gasteiger partial charge in [0.25, 0.3) is 0 Å². The van der Waals surface area contributed by atoms with Gasteiger partial charge in [0, 0.05) is 19.3 Å². The van der Waals surface area contributed by atoms with Crippen molar-refractivity contribution in [3.8, 4) is 0 Å². The van der Waals surface area contributed by atoms with E-state index in [4.69, 9.17) is 14.2 Å². The summed E-state index contributed by atoms with van der Waals surface area (Å²) in [5.74, 6) is -0.857. The summed E-state index contributed by atoms with van der Waals surface area (Å²) < 4.78 is 16.8. The first kappa shape index (κ1) is 78.6. The van der Waals surface area contributed by atoms with Gasteiger partial charge < -0.3 is 14.2 Å². The van der Waals surface area contributed by atoms with Gasteiger partial charge in [0.15, 0.2) is 6.10 Å². The molecule has 0 rings (SSSR count). The Kier molecular flexibility index (Phi) is 68.1. The van der Waals surface area contributed by atoms with E-state index in [1.54, 1.807) is 0 Å². The second kappa shape index (κ2) is 70.1. The Morgan fingerprint density at radius 2 is 0.444 bits per heavy atom. The Bertz CT molecular complexity index is 1350. The van der Waals surface area contributed by atoms with Crippen LogP contribution in [-0.2, 0) is 28.6 Å². The first-order valence-electron chi connectivity index (χ1n) is 36.5. The standard InChI is InChI=1S/C75H140O6/c1-4-7-10-13-15-17-19-21-23-25-27-29-31-33-34-35-36-37-38-39-40-42-43-45-47-49-51-53-55-57-59-62-65-68-74(77)80-71-72(70-79-73(76)67-64-61-12-9-6-3)81-75(78)69-66-63-60-58-56-54-52-50-48-46-44-41-32-30-28-26-24-22-20-18-16-14-11-8-5-2/h20,22,25-28,72H,4-19,21,23-24,29-71H2,1-3H3/b22-20-,27-25-,28-26-. The highest BCUT2D eigenvalue weighted by atomic mass is 16.6. The summed E-state index contributed by atoms with van der Waals surface area (Å²) in [6, 6.07) is 0. The molecule has 0 saturated heterocycles. The number of hydrogen-bond donors (Lipinski definition) is 0. The minimum absolute atomic E-state index is 0.0675. The SMILES string of the molecule is CCCCCCC/C=C\C/C=C\CCCCCCCCCCCCCCCC(=O)OC(COC(=O)CCCCCCC)COC(=O)CCCCCCCCCCCCCCCCCCCCCCC/C=C\CCCCCCCCCC. The van der Waals surface area contributed by atoms with E-state index in [1.807, 2.05) is 0 Å². The molecule has 1 atom stereocenters. The summed E-state index contributed by atoms with van der Waals surface area (Å²) in [5.41, 5.74) is 0. The Labute approximate surface area is 506 Å². The van der Waals surface area contributed by atoms with E-state index < -0.39 is 6.10 Å². The topological polar surface area (TPSA) is 78.9 Å². The van der Waals surface area contributed by atoms with E-state index in [0.717, 1.165) is 70.6 Å². The number of carbonyl (C=O) groups excluding carboxylic acids is 3. The molecule has 0 bridgehead atoms. The molecule has 81 heavy (non-hydrogen) atoms. The van der Waals surface area contributed by atoms with Crippen molar-refractivity contribution < 1.29 is 28.6 Å². The van der Waals surface area contributed by atoms with Crippen LogP contribution in [0.1, 0.15) is 406 Å². The Morgan fingerprint density at radius 1 is 0.247 bits per heavy atom. The van der Waals surface area contributed by atoms with E-state index in [-0.39, 0.29) is 31.1 Å². The summed E-state index contributed by atoms with van der Waals surface area (Å²) >= 11 is 0. The molecule has 0 fully saturated rings. The maximum Gasteiger partial charge on any atom is 0.306 e. The molecule has 1 unspecified atom stereocenters. The summed E-state index contributed by atoms with van der Waals surface area (Å²) in [6.45, 7) is 6.61. The van der Waals surface area contributed by atoms with Crippen molar-refractivity contribution in [2.45, 2.75) is 412 Å². The molecule has 6 heteroatoms. The van der Waals surface area contributed by atoms with Gasteiger partial charge in [0.2, 0.25) is 0 Å². The Balaban J connectivity index is 3.89. The highest BCUT2D eigenvalue weighted by molar-refractivity contribution is 5.71. The number of esters is 3. The average molecular weight is 1140 g/mol. The number of rotatable bonds is 68. The minimum Gasteiger partial charge on any atom is -0.462 e. The highest BCUT2D eigenvalue weighted by Crippen LogP contribution is 2.19. The molecule has 0 aromatic rings. The van der Waals surface area contributed by atoms with Crippen LogP contribution in [0, 0.1) is 0 Å². The third kappa shape index (κ3) is 68.3. The van der Waals surface area contributed by atoms with Gasteiger partial charge in [-0.3, -0.25) is 14.4 Å². The average Bonchev–Trinajstić information content (AvgIpc) is 3.47. The van der Waals surface area contributed by atoms with Crippen molar-refractivity contribution in [1.82, 2.24) is 0 Å². The van der Waals surface area contributed by atoms with Crippen molar-refractivity contribution >= 4 is 17.9 Å². The molecule has 0 aromatic carbocycles. The number of hydrogen-bond acceptors (Lipinski definition) is 6. The number of allylic oxidation sites excluding steroid dienone is 6. The predicted octanol–water partition coefficient (Wildman–Crippen LogP) is 25.1. The number of unbranched alkanes of at least 4 members (excludes halogenated alkanes) is 51. The van der Waals surface area contributed by atoms with Crippen molar-refractivity contribution in [3.05, 3.63) is 36.5 Å². The molecule has 0 aliphatic rings. The van der Waals surface area contributed by atoms with Gasteiger partial charge in [-0.2, -0.15) is 0 Å². The van der Waals surface area contributed by atoms with E-state index in [2.05, 4.69) is 57.2 Å². The smallest absolute Gasteiger partial charge is 0.306 e.